The summed E-state index contributed by atoms with van der Waals surface area (Å²) in [6, 6.07) is 11.5. The first-order valence-corrected chi connectivity index (χ1v) is 10.3. The second kappa shape index (κ2) is 8.10. The van der Waals surface area contributed by atoms with Gasteiger partial charge in [-0.3, -0.25) is 4.79 Å². The maximum Gasteiger partial charge on any atom is 0.251 e. The third kappa shape index (κ3) is 4.77. The van der Waals surface area contributed by atoms with E-state index in [4.69, 9.17) is 16.3 Å². The van der Waals surface area contributed by atoms with Crippen LogP contribution < -0.4 is 10.1 Å². The van der Waals surface area contributed by atoms with Crippen molar-refractivity contribution in [2.75, 3.05) is 13.4 Å². The lowest BCUT2D eigenvalue weighted by molar-refractivity contribution is 0.0925. The van der Waals surface area contributed by atoms with Crippen LogP contribution in [0.15, 0.2) is 47.4 Å². The van der Waals surface area contributed by atoms with Crippen LogP contribution in [-0.2, 0) is 9.84 Å². The molecule has 0 saturated carbocycles. The molecule has 140 valence electrons. The Labute approximate surface area is 159 Å². The fraction of sp³-hybridized carbons (Fsp3) is 0.316. The van der Waals surface area contributed by atoms with Crippen LogP contribution in [0, 0.1) is 5.92 Å². The van der Waals surface area contributed by atoms with Crippen LogP contribution in [0.2, 0.25) is 5.02 Å². The Hall–Kier alpha value is -2.05. The van der Waals surface area contributed by atoms with Crippen LogP contribution in [0.5, 0.6) is 5.75 Å². The van der Waals surface area contributed by atoms with Crippen LogP contribution >= 0.6 is 11.6 Å². The Bertz CT molecular complexity index is 892. The molecule has 1 amide bonds. The first-order chi connectivity index (χ1) is 12.1. The molecule has 2 aromatic carbocycles. The molecule has 0 heterocycles. The van der Waals surface area contributed by atoms with Crippen molar-refractivity contribution in [3.05, 3.63) is 58.6 Å². The minimum atomic E-state index is -3.52. The monoisotopic (exact) mass is 395 g/mol. The number of carbonyl (C=O) groups excluding carboxylic acids is 1. The summed E-state index contributed by atoms with van der Waals surface area (Å²) >= 11 is 5.94. The molecule has 2 aromatic rings. The zero-order valence-corrected chi connectivity index (χ0v) is 16.7. The van der Waals surface area contributed by atoms with Gasteiger partial charge in [-0.2, -0.15) is 0 Å². The number of methoxy groups -OCH3 is 1. The van der Waals surface area contributed by atoms with Gasteiger partial charge in [-0.05, 0) is 41.8 Å². The highest BCUT2D eigenvalue weighted by Crippen LogP contribution is 2.26. The molecule has 7 heteroatoms. The lowest BCUT2D eigenvalue weighted by atomic mass is 9.95. The number of amides is 1. The maximum atomic E-state index is 12.7. The number of benzene rings is 2. The highest BCUT2D eigenvalue weighted by atomic mass is 35.5. The summed E-state index contributed by atoms with van der Waals surface area (Å²) in [5, 5.41) is 3.06. The van der Waals surface area contributed by atoms with Gasteiger partial charge in [0.15, 0.2) is 9.84 Å². The quantitative estimate of drug-likeness (QED) is 0.805. The smallest absolute Gasteiger partial charge is 0.251 e. The Balaban J connectivity index is 2.30. The van der Waals surface area contributed by atoms with Gasteiger partial charge in [-0.15, -0.1) is 0 Å². The van der Waals surface area contributed by atoms with E-state index in [9.17, 15) is 13.2 Å². The fourth-order valence-electron chi connectivity index (χ4n) is 2.60. The van der Waals surface area contributed by atoms with E-state index in [0.717, 1.165) is 17.6 Å². The zero-order valence-electron chi connectivity index (χ0n) is 15.1. The summed E-state index contributed by atoms with van der Waals surface area (Å²) in [7, 11) is -1.93. The number of nitrogens with one attached hydrogen (secondary N) is 1. The molecule has 5 nitrogen and oxygen atoms in total. The van der Waals surface area contributed by atoms with Crippen molar-refractivity contribution in [1.29, 1.82) is 0 Å². The van der Waals surface area contributed by atoms with Crippen molar-refractivity contribution >= 4 is 27.3 Å². The summed E-state index contributed by atoms with van der Waals surface area (Å²) in [5.41, 5.74) is 1.18. The first kappa shape index (κ1) is 20.3. The highest BCUT2D eigenvalue weighted by Gasteiger charge is 2.21. The van der Waals surface area contributed by atoms with Crippen LogP contribution in [0.4, 0.5) is 0 Å². The third-order valence-electron chi connectivity index (χ3n) is 4.02. The number of rotatable bonds is 6. The Morgan fingerprint density at radius 2 is 1.73 bits per heavy atom. The molecule has 2 rings (SSSR count). The number of hydrogen-bond donors (Lipinski definition) is 1. The molecule has 0 bridgehead atoms. The molecule has 26 heavy (non-hydrogen) atoms. The van der Waals surface area contributed by atoms with Gasteiger partial charge in [0.05, 0.1) is 23.1 Å². The van der Waals surface area contributed by atoms with Gasteiger partial charge < -0.3 is 10.1 Å². The van der Waals surface area contributed by atoms with Crippen molar-refractivity contribution in [2.24, 2.45) is 5.92 Å². The predicted octanol–water partition coefficient (Wildman–Crippen LogP) is 3.88. The summed E-state index contributed by atoms with van der Waals surface area (Å²) < 4.78 is 28.8. The van der Waals surface area contributed by atoms with E-state index in [1.807, 2.05) is 38.1 Å². The average molecular weight is 396 g/mol. The van der Waals surface area contributed by atoms with Crippen molar-refractivity contribution in [3.63, 3.8) is 0 Å². The Kier molecular flexibility index (Phi) is 6.31. The van der Waals surface area contributed by atoms with Gasteiger partial charge in [-0.25, -0.2) is 8.42 Å². The average Bonchev–Trinajstić information content (AvgIpc) is 2.58. The minimum absolute atomic E-state index is 0.0580. The Morgan fingerprint density at radius 1 is 1.12 bits per heavy atom. The maximum absolute atomic E-state index is 12.7. The lowest BCUT2D eigenvalue weighted by Gasteiger charge is -2.23. The first-order valence-electron chi connectivity index (χ1n) is 8.08. The van der Waals surface area contributed by atoms with Gasteiger partial charge in [0.25, 0.3) is 5.91 Å². The molecule has 0 fully saturated rings. The molecule has 0 aliphatic rings. The van der Waals surface area contributed by atoms with E-state index in [0.29, 0.717) is 0 Å². The highest BCUT2D eigenvalue weighted by molar-refractivity contribution is 7.90. The van der Waals surface area contributed by atoms with Gasteiger partial charge in [0, 0.05) is 11.8 Å². The molecule has 1 N–H and O–H groups in total. The summed E-state index contributed by atoms with van der Waals surface area (Å²) in [4.78, 5) is 12.6. The van der Waals surface area contributed by atoms with Gasteiger partial charge >= 0.3 is 0 Å². The molecular formula is C19H22ClNO4S. The molecule has 0 radical (unpaired) electrons. The van der Waals surface area contributed by atoms with Gasteiger partial charge in [0.2, 0.25) is 0 Å². The normalized spacial score (nSPS) is 12.7. The summed E-state index contributed by atoms with van der Waals surface area (Å²) in [6.07, 6.45) is 1.06. The number of ether oxygens (including phenoxy) is 1. The predicted molar refractivity (Wildman–Crippen MR) is 103 cm³/mol. The van der Waals surface area contributed by atoms with E-state index in [1.165, 1.54) is 18.2 Å². The Morgan fingerprint density at radius 3 is 2.23 bits per heavy atom. The second-order valence-corrected chi connectivity index (χ2v) is 8.78. The van der Waals surface area contributed by atoms with E-state index in [2.05, 4.69) is 5.32 Å². The molecule has 0 aliphatic heterocycles. The van der Waals surface area contributed by atoms with E-state index >= 15 is 0 Å². The van der Waals surface area contributed by atoms with Crippen molar-refractivity contribution in [2.45, 2.75) is 24.8 Å². The van der Waals surface area contributed by atoms with Gasteiger partial charge in [-0.1, -0.05) is 37.6 Å². The van der Waals surface area contributed by atoms with Gasteiger partial charge in [0.1, 0.15) is 5.75 Å². The number of sulfone groups is 1. The van der Waals surface area contributed by atoms with Crippen molar-refractivity contribution in [1.82, 2.24) is 5.32 Å². The molecular weight excluding hydrogens is 374 g/mol. The van der Waals surface area contributed by atoms with E-state index in [-0.39, 0.29) is 33.3 Å². The molecule has 0 aliphatic carbocycles. The van der Waals surface area contributed by atoms with Crippen LogP contribution in [0.3, 0.4) is 0 Å². The topological polar surface area (TPSA) is 72.5 Å². The molecule has 0 spiro atoms. The number of hydrogen-bond acceptors (Lipinski definition) is 4. The van der Waals surface area contributed by atoms with Crippen molar-refractivity contribution in [3.8, 4) is 5.75 Å². The SMILES string of the molecule is COc1ccc([C@@H](NC(=O)c2ccc(Cl)c(S(C)(=O)=O)c2)C(C)C)cc1. The minimum Gasteiger partial charge on any atom is -0.497 e. The van der Waals surface area contributed by atoms with Crippen LogP contribution in [0.25, 0.3) is 0 Å². The van der Waals surface area contributed by atoms with E-state index < -0.39 is 9.84 Å². The van der Waals surface area contributed by atoms with Crippen LogP contribution in [-0.4, -0.2) is 27.7 Å². The van der Waals surface area contributed by atoms with E-state index in [1.54, 1.807) is 7.11 Å². The zero-order chi connectivity index (χ0) is 19.5. The molecule has 1 atom stereocenters. The summed E-state index contributed by atoms with van der Waals surface area (Å²) in [5.74, 6) is 0.508. The molecule has 0 saturated heterocycles. The standard InChI is InChI=1S/C19H22ClNO4S/c1-12(2)18(13-5-8-15(25-3)9-6-13)21-19(22)14-7-10-16(20)17(11-14)26(4,23)24/h5-12,18H,1-4H3,(H,21,22)/t18-/m0/s1. The number of halogens is 1. The lowest BCUT2D eigenvalue weighted by Crippen LogP contribution is -2.31. The fourth-order valence-corrected chi connectivity index (χ4v) is 3.90. The van der Waals surface area contributed by atoms with Crippen molar-refractivity contribution < 1.29 is 17.9 Å². The number of carbonyl (C=O) groups is 1. The molecule has 0 unspecified atom stereocenters. The van der Waals surface area contributed by atoms with Crippen LogP contribution in [0.1, 0.15) is 35.8 Å². The summed E-state index contributed by atoms with van der Waals surface area (Å²) in [6.45, 7) is 4.00. The second-order valence-electron chi connectivity index (χ2n) is 6.39. The molecule has 0 aromatic heterocycles. The largest absolute Gasteiger partial charge is 0.497 e. The third-order valence-corrected chi connectivity index (χ3v) is 5.60.